The largest absolute Gasteiger partial charge is 0.508 e. The number of hydrogen-bond acceptors (Lipinski definition) is 4. The zero-order valence-corrected chi connectivity index (χ0v) is 12.5. The van der Waals surface area contributed by atoms with Gasteiger partial charge in [0.05, 0.1) is 6.04 Å². The molecule has 0 radical (unpaired) electrons. The van der Waals surface area contributed by atoms with Crippen molar-refractivity contribution in [1.82, 2.24) is 10.9 Å². The van der Waals surface area contributed by atoms with Crippen LogP contribution in [0.2, 0.25) is 5.02 Å². The molecule has 2 atom stereocenters. The summed E-state index contributed by atoms with van der Waals surface area (Å²) in [5.41, 5.74) is 7.48. The highest BCUT2D eigenvalue weighted by atomic mass is 35.5. The predicted octanol–water partition coefficient (Wildman–Crippen LogP) is 2.59. The molecule has 2 aromatic rings. The Balaban J connectivity index is 1.64. The summed E-state index contributed by atoms with van der Waals surface area (Å²) < 4.78 is 0. The molecule has 2 aromatic carbocycles. The monoisotopic (exact) mass is 317 g/mol. The minimum Gasteiger partial charge on any atom is -0.508 e. The molecule has 22 heavy (non-hydrogen) atoms. The van der Waals surface area contributed by atoms with Gasteiger partial charge in [0.1, 0.15) is 11.8 Å². The highest BCUT2D eigenvalue weighted by molar-refractivity contribution is 6.30. The summed E-state index contributed by atoms with van der Waals surface area (Å²) in [6.45, 7) is 0. The van der Waals surface area contributed by atoms with Crippen LogP contribution in [0.5, 0.6) is 5.75 Å². The lowest BCUT2D eigenvalue weighted by molar-refractivity contribution is -0.117. The van der Waals surface area contributed by atoms with Gasteiger partial charge in [-0.15, -0.1) is 0 Å². The summed E-state index contributed by atoms with van der Waals surface area (Å²) in [7, 11) is 0. The van der Waals surface area contributed by atoms with E-state index in [0.717, 1.165) is 5.56 Å². The van der Waals surface area contributed by atoms with Crippen molar-refractivity contribution in [3.8, 4) is 5.75 Å². The molecule has 0 spiro atoms. The van der Waals surface area contributed by atoms with E-state index >= 15 is 0 Å². The first-order valence-electron chi connectivity index (χ1n) is 6.99. The third-order valence-electron chi connectivity index (χ3n) is 3.64. The van der Waals surface area contributed by atoms with Crippen LogP contribution in [0.15, 0.2) is 48.5 Å². The fourth-order valence-corrected chi connectivity index (χ4v) is 2.60. The zero-order valence-electron chi connectivity index (χ0n) is 11.7. The number of hydrazine groups is 1. The minimum atomic E-state index is -0.375. The Labute approximate surface area is 133 Å². The number of carbonyl (C=O) groups is 1. The fraction of sp³-hybridized carbons (Fsp3) is 0.188. The van der Waals surface area contributed by atoms with Crippen LogP contribution < -0.4 is 16.2 Å². The van der Waals surface area contributed by atoms with Crippen molar-refractivity contribution in [3.63, 3.8) is 0 Å². The number of benzene rings is 2. The number of rotatable bonds is 3. The average molecular weight is 318 g/mol. The van der Waals surface area contributed by atoms with Crippen LogP contribution in [-0.2, 0) is 4.79 Å². The molecule has 0 aliphatic carbocycles. The first-order valence-corrected chi connectivity index (χ1v) is 7.36. The van der Waals surface area contributed by atoms with E-state index < -0.39 is 0 Å². The first kappa shape index (κ1) is 14.8. The van der Waals surface area contributed by atoms with Gasteiger partial charge in [0.15, 0.2) is 0 Å². The molecule has 0 bridgehead atoms. The van der Waals surface area contributed by atoms with Gasteiger partial charge in [-0.2, -0.15) is 0 Å². The molecule has 1 aliphatic heterocycles. The lowest BCUT2D eigenvalue weighted by Gasteiger charge is -2.11. The van der Waals surface area contributed by atoms with Crippen LogP contribution in [0, 0.1) is 0 Å². The molecule has 0 saturated carbocycles. The van der Waals surface area contributed by atoms with E-state index in [0.29, 0.717) is 17.1 Å². The summed E-state index contributed by atoms with van der Waals surface area (Å²) in [4.78, 5) is 12.3. The smallest absolute Gasteiger partial charge is 0.242 e. The number of para-hydroxylation sites is 1. The van der Waals surface area contributed by atoms with Gasteiger partial charge < -0.3 is 10.4 Å². The summed E-state index contributed by atoms with van der Waals surface area (Å²) >= 11 is 5.82. The van der Waals surface area contributed by atoms with E-state index in [2.05, 4.69) is 16.2 Å². The second kappa shape index (κ2) is 6.36. The maximum atomic E-state index is 12.3. The molecule has 2 unspecified atom stereocenters. The summed E-state index contributed by atoms with van der Waals surface area (Å²) in [5.74, 6) is 0.0910. The fourth-order valence-electron chi connectivity index (χ4n) is 2.48. The highest BCUT2D eigenvalue weighted by Crippen LogP contribution is 2.29. The van der Waals surface area contributed by atoms with Crippen LogP contribution in [0.3, 0.4) is 0 Å². The van der Waals surface area contributed by atoms with Crippen LogP contribution in [-0.4, -0.2) is 17.1 Å². The number of aromatic hydroxyl groups is 1. The quantitative estimate of drug-likeness (QED) is 0.702. The molecule has 1 aliphatic rings. The molecule has 1 saturated heterocycles. The second-order valence-corrected chi connectivity index (χ2v) is 5.62. The molecule has 1 amide bonds. The van der Waals surface area contributed by atoms with Crippen LogP contribution >= 0.6 is 11.6 Å². The number of phenols is 1. The van der Waals surface area contributed by atoms with E-state index in [1.165, 1.54) is 0 Å². The molecule has 1 fully saturated rings. The molecule has 4 N–H and O–H groups in total. The van der Waals surface area contributed by atoms with Crippen molar-refractivity contribution in [3.05, 3.63) is 59.1 Å². The number of phenolic OH excluding ortho intramolecular Hbond substituents is 1. The van der Waals surface area contributed by atoms with Gasteiger partial charge in [-0.05, 0) is 36.8 Å². The van der Waals surface area contributed by atoms with E-state index in [1.54, 1.807) is 36.4 Å². The molecule has 3 rings (SSSR count). The molecule has 0 aromatic heterocycles. The zero-order chi connectivity index (χ0) is 15.5. The van der Waals surface area contributed by atoms with Gasteiger partial charge in [0.2, 0.25) is 5.91 Å². The Bertz CT molecular complexity index is 675. The van der Waals surface area contributed by atoms with Crippen molar-refractivity contribution < 1.29 is 9.90 Å². The topological polar surface area (TPSA) is 73.4 Å². The van der Waals surface area contributed by atoms with Crippen molar-refractivity contribution in [2.24, 2.45) is 0 Å². The van der Waals surface area contributed by atoms with Gasteiger partial charge in [-0.1, -0.05) is 29.8 Å². The predicted molar refractivity (Wildman–Crippen MR) is 85.6 cm³/mol. The molecule has 6 heteroatoms. The van der Waals surface area contributed by atoms with Gasteiger partial charge in [0, 0.05) is 16.3 Å². The van der Waals surface area contributed by atoms with Gasteiger partial charge in [0.25, 0.3) is 0 Å². The third-order valence-corrected chi connectivity index (χ3v) is 3.90. The molecular formula is C16H16ClN3O2. The number of halogens is 1. The van der Waals surface area contributed by atoms with Gasteiger partial charge in [-0.25, -0.2) is 10.9 Å². The number of amides is 1. The maximum absolute atomic E-state index is 12.3. The highest BCUT2D eigenvalue weighted by Gasteiger charge is 2.31. The summed E-state index contributed by atoms with van der Waals surface area (Å²) in [6.07, 6.45) is 0.553. The molecular weight excluding hydrogens is 302 g/mol. The van der Waals surface area contributed by atoms with Gasteiger partial charge in [-0.3, -0.25) is 4.79 Å². The number of anilines is 1. The first-order chi connectivity index (χ1) is 10.6. The Morgan fingerprint density at radius 1 is 1.14 bits per heavy atom. The van der Waals surface area contributed by atoms with Crippen molar-refractivity contribution in [2.75, 3.05) is 5.32 Å². The van der Waals surface area contributed by atoms with Crippen molar-refractivity contribution >= 4 is 23.2 Å². The van der Waals surface area contributed by atoms with Crippen LogP contribution in [0.4, 0.5) is 5.69 Å². The normalized spacial score (nSPS) is 20.8. The Morgan fingerprint density at radius 2 is 1.86 bits per heavy atom. The Kier molecular flexibility index (Phi) is 4.29. The second-order valence-electron chi connectivity index (χ2n) is 5.18. The van der Waals surface area contributed by atoms with E-state index in [9.17, 15) is 9.90 Å². The van der Waals surface area contributed by atoms with E-state index in [-0.39, 0.29) is 23.7 Å². The standard InChI is InChI=1S/C16H16ClN3O2/c17-10-5-7-11(8-6-10)18-16(22)14-9-13(19-20-14)12-3-1-2-4-15(12)21/h1-8,13-14,19-21H,9H2,(H,18,22). The lowest BCUT2D eigenvalue weighted by atomic mass is 10.0. The lowest BCUT2D eigenvalue weighted by Crippen LogP contribution is -2.39. The number of hydrogen-bond donors (Lipinski definition) is 4. The van der Waals surface area contributed by atoms with Crippen molar-refractivity contribution in [2.45, 2.75) is 18.5 Å². The number of carbonyl (C=O) groups excluding carboxylic acids is 1. The van der Waals surface area contributed by atoms with E-state index in [1.807, 2.05) is 12.1 Å². The molecule has 5 nitrogen and oxygen atoms in total. The summed E-state index contributed by atoms with van der Waals surface area (Å²) in [5, 5.41) is 13.3. The van der Waals surface area contributed by atoms with E-state index in [4.69, 9.17) is 11.6 Å². The summed E-state index contributed by atoms with van der Waals surface area (Å²) in [6, 6.07) is 13.6. The molecule has 114 valence electrons. The average Bonchev–Trinajstić information content (AvgIpc) is 3.00. The Morgan fingerprint density at radius 3 is 2.59 bits per heavy atom. The van der Waals surface area contributed by atoms with Gasteiger partial charge >= 0.3 is 0 Å². The van der Waals surface area contributed by atoms with Crippen LogP contribution in [0.1, 0.15) is 18.0 Å². The maximum Gasteiger partial charge on any atom is 0.242 e. The van der Waals surface area contributed by atoms with Crippen LogP contribution in [0.25, 0.3) is 0 Å². The third kappa shape index (κ3) is 3.22. The Hall–Kier alpha value is -2.08. The minimum absolute atomic E-state index is 0.109. The SMILES string of the molecule is O=C(Nc1ccc(Cl)cc1)C1CC(c2ccccc2O)NN1. The number of nitrogens with one attached hydrogen (secondary N) is 3. The molecule has 1 heterocycles. The van der Waals surface area contributed by atoms with Crippen molar-refractivity contribution in [1.29, 1.82) is 0 Å².